The smallest absolute Gasteiger partial charge is 0.310 e. The molecule has 7 nitrogen and oxygen atoms in total. The number of hydrogen-bond donors (Lipinski definition) is 1. The Labute approximate surface area is 221 Å². The second-order valence-corrected chi connectivity index (χ2v) is 11.4. The molecule has 0 radical (unpaired) electrons. The molecule has 3 saturated heterocycles. The predicted molar refractivity (Wildman–Crippen MR) is 145 cm³/mol. The van der Waals surface area contributed by atoms with Crippen molar-refractivity contribution in [3.8, 4) is 0 Å². The third-order valence-electron chi connectivity index (χ3n) is 7.84. The average Bonchev–Trinajstić information content (AvgIpc) is 3.54. The van der Waals surface area contributed by atoms with Gasteiger partial charge in [-0.15, -0.1) is 24.9 Å². The maximum Gasteiger partial charge on any atom is 0.310 e. The number of amides is 2. The standard InChI is InChI=1S/C29H32N2O5S/c1-3-5-17-36-28(35)23-22-12-13-29(37-22)24(23)26(33)31(15-16-32)25(29)27(34)30(14-4-2)21-11-10-19-8-6-7-9-20(19)18-21/h3-4,6-11,18,22-25,32H,1-2,5,12-17H2/t22-,23+,24+,25?,29?/m1/s1. The minimum atomic E-state index is -0.787. The van der Waals surface area contributed by atoms with Crippen molar-refractivity contribution in [2.24, 2.45) is 11.8 Å². The number of benzene rings is 2. The Morgan fingerprint density at radius 3 is 2.70 bits per heavy atom. The van der Waals surface area contributed by atoms with Crippen LogP contribution in [0.5, 0.6) is 0 Å². The van der Waals surface area contributed by atoms with E-state index in [1.165, 1.54) is 4.90 Å². The van der Waals surface area contributed by atoms with Gasteiger partial charge in [0.05, 0.1) is 29.8 Å². The van der Waals surface area contributed by atoms with Crippen molar-refractivity contribution >= 4 is 46.0 Å². The zero-order valence-electron chi connectivity index (χ0n) is 20.8. The Morgan fingerprint density at radius 2 is 1.97 bits per heavy atom. The maximum atomic E-state index is 14.4. The van der Waals surface area contributed by atoms with Gasteiger partial charge in [0.25, 0.3) is 5.91 Å². The van der Waals surface area contributed by atoms with E-state index in [4.69, 9.17) is 4.74 Å². The lowest BCUT2D eigenvalue weighted by Crippen LogP contribution is -2.55. The number of hydrogen-bond acceptors (Lipinski definition) is 6. The van der Waals surface area contributed by atoms with Crippen LogP contribution in [0.25, 0.3) is 10.8 Å². The van der Waals surface area contributed by atoms with Gasteiger partial charge < -0.3 is 19.6 Å². The number of esters is 1. The number of aliphatic hydroxyl groups is 1. The summed E-state index contributed by atoms with van der Waals surface area (Å²) in [5.74, 6) is -2.08. The molecule has 3 fully saturated rings. The van der Waals surface area contributed by atoms with Crippen LogP contribution in [0.15, 0.2) is 67.8 Å². The Hall–Kier alpha value is -3.10. The quantitative estimate of drug-likeness (QED) is 0.293. The van der Waals surface area contributed by atoms with E-state index in [0.717, 1.165) is 22.9 Å². The summed E-state index contributed by atoms with van der Waals surface area (Å²) in [5.41, 5.74) is 0.720. The van der Waals surface area contributed by atoms with E-state index in [1.807, 2.05) is 42.5 Å². The third kappa shape index (κ3) is 4.16. The molecule has 37 heavy (non-hydrogen) atoms. The van der Waals surface area contributed by atoms with Crippen LogP contribution >= 0.6 is 11.8 Å². The highest BCUT2D eigenvalue weighted by Gasteiger charge is 2.74. The molecule has 3 aliphatic rings. The minimum absolute atomic E-state index is 0.0383. The first-order valence-corrected chi connectivity index (χ1v) is 13.6. The van der Waals surface area contributed by atoms with Gasteiger partial charge in [0.2, 0.25) is 5.91 Å². The number of anilines is 1. The molecule has 2 amide bonds. The molecule has 8 heteroatoms. The van der Waals surface area contributed by atoms with Crippen LogP contribution in [0, 0.1) is 11.8 Å². The number of fused-ring (bicyclic) bond motifs is 2. The summed E-state index contributed by atoms with van der Waals surface area (Å²) in [6.45, 7) is 7.80. The highest BCUT2D eigenvalue weighted by molar-refractivity contribution is 8.02. The molecular formula is C29H32N2O5S. The second-order valence-electron chi connectivity index (χ2n) is 9.82. The summed E-state index contributed by atoms with van der Waals surface area (Å²) < 4.78 is 4.78. The Morgan fingerprint density at radius 1 is 1.19 bits per heavy atom. The molecule has 0 aromatic heterocycles. The number of likely N-dealkylation sites (tertiary alicyclic amines) is 1. The molecule has 3 heterocycles. The van der Waals surface area contributed by atoms with Crippen molar-refractivity contribution in [3.63, 3.8) is 0 Å². The van der Waals surface area contributed by atoms with Crippen LogP contribution < -0.4 is 4.90 Å². The molecule has 2 bridgehead atoms. The first kappa shape index (κ1) is 25.5. The van der Waals surface area contributed by atoms with Crippen molar-refractivity contribution in [2.75, 3.05) is 31.2 Å². The topological polar surface area (TPSA) is 87.1 Å². The highest BCUT2D eigenvalue weighted by atomic mass is 32.2. The van der Waals surface area contributed by atoms with Gasteiger partial charge in [-0.2, -0.15) is 0 Å². The molecule has 2 unspecified atom stereocenters. The first-order chi connectivity index (χ1) is 18.0. The van der Waals surface area contributed by atoms with Crippen LogP contribution in [0.1, 0.15) is 19.3 Å². The van der Waals surface area contributed by atoms with Crippen LogP contribution in [-0.4, -0.2) is 70.1 Å². The molecular weight excluding hydrogens is 488 g/mol. The van der Waals surface area contributed by atoms with Crippen LogP contribution in [0.4, 0.5) is 5.69 Å². The lowest BCUT2D eigenvalue weighted by Gasteiger charge is -2.37. The highest BCUT2D eigenvalue weighted by Crippen LogP contribution is 2.66. The molecule has 5 rings (SSSR count). The summed E-state index contributed by atoms with van der Waals surface area (Å²) in [4.78, 5) is 44.5. The minimum Gasteiger partial charge on any atom is -0.465 e. The monoisotopic (exact) mass is 520 g/mol. The molecule has 0 aliphatic carbocycles. The van der Waals surface area contributed by atoms with Crippen molar-refractivity contribution in [1.29, 1.82) is 0 Å². The lowest BCUT2D eigenvalue weighted by atomic mass is 9.71. The number of rotatable bonds is 10. The zero-order chi connectivity index (χ0) is 26.2. The van der Waals surface area contributed by atoms with E-state index in [2.05, 4.69) is 13.2 Å². The molecule has 1 N–H and O–H groups in total. The summed E-state index contributed by atoms with van der Waals surface area (Å²) >= 11 is 1.59. The third-order valence-corrected chi connectivity index (χ3v) is 9.79. The van der Waals surface area contributed by atoms with E-state index in [1.54, 1.807) is 28.8 Å². The van der Waals surface area contributed by atoms with Gasteiger partial charge in [0.1, 0.15) is 6.04 Å². The number of ether oxygens (including phenoxy) is 1. The normalized spacial score (nSPS) is 27.8. The van der Waals surface area contributed by atoms with Gasteiger partial charge in [-0.05, 0) is 42.2 Å². The summed E-state index contributed by atoms with van der Waals surface area (Å²) in [6, 6.07) is 13.0. The van der Waals surface area contributed by atoms with Gasteiger partial charge in [-0.3, -0.25) is 14.4 Å². The molecule has 5 atom stereocenters. The van der Waals surface area contributed by atoms with Crippen molar-refractivity contribution in [1.82, 2.24) is 4.90 Å². The Balaban J connectivity index is 1.52. The molecule has 0 saturated carbocycles. The predicted octanol–water partition coefficient (Wildman–Crippen LogP) is 3.56. The van der Waals surface area contributed by atoms with Gasteiger partial charge in [0.15, 0.2) is 0 Å². The number of aliphatic hydroxyl groups excluding tert-OH is 1. The van der Waals surface area contributed by atoms with E-state index in [9.17, 15) is 19.5 Å². The summed E-state index contributed by atoms with van der Waals surface area (Å²) in [6.07, 6.45) is 5.30. The van der Waals surface area contributed by atoms with Crippen molar-refractivity contribution < 1.29 is 24.2 Å². The maximum absolute atomic E-state index is 14.4. The molecule has 2 aromatic rings. The molecule has 3 aliphatic heterocycles. The average molecular weight is 521 g/mol. The van der Waals surface area contributed by atoms with E-state index in [-0.39, 0.29) is 49.3 Å². The van der Waals surface area contributed by atoms with Gasteiger partial charge in [-0.25, -0.2) is 0 Å². The molecule has 194 valence electrons. The number of carbonyl (C=O) groups excluding carboxylic acids is 3. The summed E-state index contributed by atoms with van der Waals surface area (Å²) in [5, 5.41) is 11.8. The molecule has 1 spiro atoms. The zero-order valence-corrected chi connectivity index (χ0v) is 21.6. The van der Waals surface area contributed by atoms with Crippen molar-refractivity contribution in [3.05, 3.63) is 67.8 Å². The fourth-order valence-corrected chi connectivity index (χ4v) is 8.53. The van der Waals surface area contributed by atoms with E-state index < -0.39 is 22.6 Å². The van der Waals surface area contributed by atoms with E-state index >= 15 is 0 Å². The summed E-state index contributed by atoms with van der Waals surface area (Å²) in [7, 11) is 0. The van der Waals surface area contributed by atoms with Gasteiger partial charge in [-0.1, -0.05) is 42.5 Å². The first-order valence-electron chi connectivity index (χ1n) is 12.7. The fraction of sp³-hybridized carbons (Fsp3) is 0.414. The van der Waals surface area contributed by atoms with E-state index in [0.29, 0.717) is 12.8 Å². The van der Waals surface area contributed by atoms with Gasteiger partial charge >= 0.3 is 5.97 Å². The number of β-amino-alcohol motifs (C(OH)–C–C–N with tert-alkyl or cyclic N) is 1. The van der Waals surface area contributed by atoms with Crippen molar-refractivity contribution in [2.45, 2.75) is 35.3 Å². The van der Waals surface area contributed by atoms with Gasteiger partial charge in [0, 0.05) is 24.0 Å². The van der Waals surface area contributed by atoms with Crippen LogP contribution in [0.2, 0.25) is 0 Å². The Kier molecular flexibility index (Phi) is 7.14. The van der Waals surface area contributed by atoms with Crippen LogP contribution in [-0.2, 0) is 19.1 Å². The fourth-order valence-electron chi connectivity index (χ4n) is 6.33. The lowest BCUT2D eigenvalue weighted by molar-refractivity contribution is -0.154. The number of nitrogens with zero attached hydrogens (tertiary/aromatic N) is 2. The molecule has 2 aromatic carbocycles. The second kappa shape index (κ2) is 10.3. The number of carbonyl (C=O) groups is 3. The van der Waals surface area contributed by atoms with Crippen LogP contribution in [0.3, 0.4) is 0 Å². The Bertz CT molecular complexity index is 1250. The SMILES string of the molecule is C=CCCOC(=O)[C@@H]1[C@H]2C(=O)N(CCO)C(C(=O)N(CC=C)c3ccc4ccccc4c3)C23CC[C@H]1S3. The number of thioether (sulfide) groups is 1. The largest absolute Gasteiger partial charge is 0.465 e.